The molecule has 1 N–H and O–H groups in total. The van der Waals surface area contributed by atoms with Crippen LogP contribution in [0.5, 0.6) is 0 Å². The standard InChI is InChI=1S/C17H22N4O4S2/c1-12(20-4-7-25-8-5-20)11-18-16(22)13-2-3-14-15(10-13)26-17-19-27(23,24)9-6-21(14)17/h2-3,10,12H,4-9,11H2,1H3,(H,18,22). The van der Waals surface area contributed by atoms with Crippen LogP contribution >= 0.6 is 11.8 Å². The van der Waals surface area contributed by atoms with Gasteiger partial charge in [-0.25, -0.2) is 8.42 Å². The van der Waals surface area contributed by atoms with Crippen LogP contribution in [0.25, 0.3) is 0 Å². The highest BCUT2D eigenvalue weighted by Crippen LogP contribution is 2.42. The van der Waals surface area contributed by atoms with Gasteiger partial charge in [-0.1, -0.05) is 0 Å². The Balaban J connectivity index is 1.42. The Morgan fingerprint density at radius 2 is 2.11 bits per heavy atom. The Kier molecular flexibility index (Phi) is 5.15. The minimum atomic E-state index is -3.38. The third-order valence-electron chi connectivity index (χ3n) is 4.96. The zero-order chi connectivity index (χ0) is 19.0. The molecule has 0 radical (unpaired) electrons. The van der Waals surface area contributed by atoms with Gasteiger partial charge in [-0.15, -0.1) is 4.40 Å². The lowest BCUT2D eigenvalue weighted by Gasteiger charge is -2.32. The predicted molar refractivity (Wildman–Crippen MR) is 105 cm³/mol. The zero-order valence-electron chi connectivity index (χ0n) is 15.1. The molecule has 3 heterocycles. The van der Waals surface area contributed by atoms with Gasteiger partial charge in [0.15, 0.2) is 5.17 Å². The van der Waals surface area contributed by atoms with Gasteiger partial charge in [-0.2, -0.15) is 0 Å². The molecule has 0 bridgehead atoms. The van der Waals surface area contributed by atoms with Crippen LogP contribution in [0.15, 0.2) is 27.5 Å². The monoisotopic (exact) mass is 410 g/mol. The van der Waals surface area contributed by atoms with Crippen molar-refractivity contribution < 1.29 is 17.9 Å². The van der Waals surface area contributed by atoms with E-state index in [-0.39, 0.29) is 17.7 Å². The number of ether oxygens (including phenoxy) is 1. The van der Waals surface area contributed by atoms with E-state index in [1.807, 2.05) is 17.0 Å². The second kappa shape index (κ2) is 7.42. The molecule has 0 aromatic heterocycles. The van der Waals surface area contributed by atoms with Crippen LogP contribution in [0.2, 0.25) is 0 Å². The van der Waals surface area contributed by atoms with Crippen molar-refractivity contribution in [3.8, 4) is 0 Å². The number of thioether (sulfide) groups is 1. The lowest BCUT2D eigenvalue weighted by Crippen LogP contribution is -2.47. The van der Waals surface area contributed by atoms with Gasteiger partial charge < -0.3 is 15.0 Å². The number of hydrogen-bond acceptors (Lipinski definition) is 7. The molecule has 1 amide bonds. The van der Waals surface area contributed by atoms with E-state index in [4.69, 9.17) is 4.74 Å². The summed E-state index contributed by atoms with van der Waals surface area (Å²) in [5.41, 5.74) is 1.48. The fourth-order valence-electron chi connectivity index (χ4n) is 3.36. The van der Waals surface area contributed by atoms with Crippen molar-refractivity contribution >= 4 is 38.5 Å². The Morgan fingerprint density at radius 3 is 2.89 bits per heavy atom. The molecule has 1 aromatic rings. The van der Waals surface area contributed by atoms with E-state index in [2.05, 4.69) is 21.5 Å². The lowest BCUT2D eigenvalue weighted by molar-refractivity contribution is 0.0204. The summed E-state index contributed by atoms with van der Waals surface area (Å²) in [6, 6.07) is 5.70. The quantitative estimate of drug-likeness (QED) is 0.783. The number of rotatable bonds is 4. The van der Waals surface area contributed by atoms with Crippen LogP contribution in [0.4, 0.5) is 5.69 Å². The fraction of sp³-hybridized carbons (Fsp3) is 0.529. The highest BCUT2D eigenvalue weighted by Gasteiger charge is 2.33. The molecule has 0 saturated carbocycles. The lowest BCUT2D eigenvalue weighted by atomic mass is 10.1. The third-order valence-corrected chi connectivity index (χ3v) is 7.27. The Labute approximate surface area is 163 Å². The molecule has 3 aliphatic rings. The fourth-order valence-corrected chi connectivity index (χ4v) is 5.66. The van der Waals surface area contributed by atoms with Gasteiger partial charge in [0.1, 0.15) is 0 Å². The Bertz CT molecular complexity index is 881. The number of nitrogens with zero attached hydrogens (tertiary/aromatic N) is 3. The SMILES string of the molecule is CC(CNC(=O)c1ccc2c(c1)SC1=NS(=O)(=O)CCN12)N1CCOCC1. The van der Waals surface area contributed by atoms with Gasteiger partial charge >= 0.3 is 0 Å². The average molecular weight is 411 g/mol. The second-order valence-corrected chi connectivity index (χ2v) is 9.57. The number of fused-ring (bicyclic) bond motifs is 3. The molecule has 0 aliphatic carbocycles. The topological polar surface area (TPSA) is 91.3 Å². The molecular formula is C17H22N4O4S2. The summed E-state index contributed by atoms with van der Waals surface area (Å²) in [7, 11) is -3.38. The van der Waals surface area contributed by atoms with Gasteiger partial charge in [0.25, 0.3) is 15.9 Å². The summed E-state index contributed by atoms with van der Waals surface area (Å²) >= 11 is 1.30. The molecule has 1 unspecified atom stereocenters. The molecule has 1 aromatic carbocycles. The number of carbonyl (C=O) groups excluding carboxylic acids is 1. The van der Waals surface area contributed by atoms with Gasteiger partial charge in [-0.3, -0.25) is 9.69 Å². The van der Waals surface area contributed by atoms with E-state index < -0.39 is 10.0 Å². The summed E-state index contributed by atoms with van der Waals surface area (Å²) in [6.07, 6.45) is 0. The molecular weight excluding hydrogens is 388 g/mol. The summed E-state index contributed by atoms with van der Waals surface area (Å²) in [4.78, 5) is 17.6. The van der Waals surface area contributed by atoms with E-state index in [9.17, 15) is 13.2 Å². The third kappa shape index (κ3) is 3.98. The van der Waals surface area contributed by atoms with E-state index in [0.717, 1.165) is 36.9 Å². The molecule has 1 atom stereocenters. The first-order valence-electron chi connectivity index (χ1n) is 8.95. The number of anilines is 1. The summed E-state index contributed by atoms with van der Waals surface area (Å²) in [6.45, 7) is 6.29. The van der Waals surface area contributed by atoms with Crippen LogP contribution in [-0.4, -0.2) is 75.6 Å². The summed E-state index contributed by atoms with van der Waals surface area (Å²) in [5, 5.41) is 3.46. The number of benzene rings is 1. The average Bonchev–Trinajstić information content (AvgIpc) is 3.01. The van der Waals surface area contributed by atoms with Crippen LogP contribution < -0.4 is 10.2 Å². The number of sulfonamides is 1. The first kappa shape index (κ1) is 18.7. The maximum atomic E-state index is 12.5. The number of amidine groups is 1. The van der Waals surface area contributed by atoms with Crippen molar-refractivity contribution in [2.75, 3.05) is 50.0 Å². The zero-order valence-corrected chi connectivity index (χ0v) is 16.7. The molecule has 10 heteroatoms. The van der Waals surface area contributed by atoms with E-state index in [0.29, 0.717) is 23.8 Å². The molecule has 3 aliphatic heterocycles. The normalized spacial score (nSPS) is 22.6. The van der Waals surface area contributed by atoms with Crippen molar-refractivity contribution in [1.82, 2.24) is 10.2 Å². The number of nitrogens with one attached hydrogen (secondary N) is 1. The summed E-state index contributed by atoms with van der Waals surface area (Å²) < 4.78 is 32.6. The Hall–Kier alpha value is -1.62. The highest BCUT2D eigenvalue weighted by atomic mass is 32.2. The Morgan fingerprint density at radius 1 is 1.33 bits per heavy atom. The number of amides is 1. The van der Waals surface area contributed by atoms with Crippen molar-refractivity contribution in [2.24, 2.45) is 4.40 Å². The molecule has 146 valence electrons. The van der Waals surface area contributed by atoms with Gasteiger partial charge in [0.2, 0.25) is 0 Å². The number of hydrogen-bond donors (Lipinski definition) is 1. The maximum Gasteiger partial charge on any atom is 0.257 e. The van der Waals surface area contributed by atoms with E-state index in [1.165, 1.54) is 11.8 Å². The van der Waals surface area contributed by atoms with E-state index >= 15 is 0 Å². The van der Waals surface area contributed by atoms with E-state index in [1.54, 1.807) is 6.07 Å². The van der Waals surface area contributed by atoms with Crippen molar-refractivity contribution in [1.29, 1.82) is 0 Å². The van der Waals surface area contributed by atoms with Gasteiger partial charge in [0.05, 0.1) is 24.7 Å². The van der Waals surface area contributed by atoms with Crippen LogP contribution in [0.1, 0.15) is 17.3 Å². The van der Waals surface area contributed by atoms with Crippen LogP contribution in [0, 0.1) is 0 Å². The van der Waals surface area contributed by atoms with Crippen molar-refractivity contribution in [3.63, 3.8) is 0 Å². The smallest absolute Gasteiger partial charge is 0.257 e. The van der Waals surface area contributed by atoms with Crippen LogP contribution in [0.3, 0.4) is 0 Å². The van der Waals surface area contributed by atoms with Crippen LogP contribution in [-0.2, 0) is 14.8 Å². The summed E-state index contributed by atoms with van der Waals surface area (Å²) in [5.74, 6) is -0.115. The van der Waals surface area contributed by atoms with Gasteiger partial charge in [0, 0.05) is 42.7 Å². The molecule has 1 saturated heterocycles. The largest absolute Gasteiger partial charge is 0.379 e. The molecule has 0 spiro atoms. The number of morpholine rings is 1. The molecule has 4 rings (SSSR count). The van der Waals surface area contributed by atoms with Gasteiger partial charge in [-0.05, 0) is 36.9 Å². The predicted octanol–water partition coefficient (Wildman–Crippen LogP) is 0.749. The minimum absolute atomic E-state index is 0.0121. The van der Waals surface area contributed by atoms with Crippen molar-refractivity contribution in [3.05, 3.63) is 23.8 Å². The highest BCUT2D eigenvalue weighted by molar-refractivity contribution is 8.15. The maximum absolute atomic E-state index is 12.5. The number of carbonyl (C=O) groups is 1. The first-order chi connectivity index (χ1) is 12.9. The molecule has 8 nitrogen and oxygen atoms in total. The first-order valence-corrected chi connectivity index (χ1v) is 11.4. The second-order valence-electron chi connectivity index (χ2n) is 6.80. The molecule has 1 fully saturated rings. The molecule has 27 heavy (non-hydrogen) atoms. The van der Waals surface area contributed by atoms with Crippen molar-refractivity contribution in [2.45, 2.75) is 17.9 Å². The minimum Gasteiger partial charge on any atom is -0.379 e.